The second kappa shape index (κ2) is 7.63. The van der Waals surface area contributed by atoms with Crippen LogP contribution < -0.4 is 10.6 Å². The predicted octanol–water partition coefficient (Wildman–Crippen LogP) is 3.98. The molecule has 4 amide bonds. The Balaban J connectivity index is 1.46. The number of thiophene rings is 1. The molecule has 1 saturated heterocycles. The highest BCUT2D eigenvalue weighted by Crippen LogP contribution is 2.42. The Morgan fingerprint density at radius 1 is 1.28 bits per heavy atom. The fraction of sp³-hybridized carbons (Fsp3) is 0.409. The van der Waals surface area contributed by atoms with Crippen molar-refractivity contribution >= 4 is 34.9 Å². The summed E-state index contributed by atoms with van der Waals surface area (Å²) in [5.74, 6) is -0.258. The van der Waals surface area contributed by atoms with E-state index in [0.29, 0.717) is 18.0 Å². The molecule has 1 aromatic heterocycles. The first-order chi connectivity index (χ1) is 13.9. The molecule has 1 aliphatic heterocycles. The van der Waals surface area contributed by atoms with Crippen molar-refractivity contribution in [2.45, 2.75) is 51.0 Å². The van der Waals surface area contributed by atoms with E-state index in [2.05, 4.69) is 24.5 Å². The Morgan fingerprint density at radius 2 is 2.03 bits per heavy atom. The SMILES string of the molecule is CCC(C)c1ccc(NC(=O)CN2C(=O)NC3(CCCc4sccc43)C2=O)cc1. The number of hydrogen-bond acceptors (Lipinski definition) is 4. The third-order valence-corrected chi connectivity index (χ3v) is 6.99. The third kappa shape index (κ3) is 3.44. The van der Waals surface area contributed by atoms with E-state index in [1.807, 2.05) is 35.7 Å². The zero-order valence-corrected chi connectivity index (χ0v) is 17.5. The molecule has 29 heavy (non-hydrogen) atoms. The second-order valence-corrected chi connectivity index (χ2v) is 8.82. The van der Waals surface area contributed by atoms with Crippen molar-refractivity contribution in [3.8, 4) is 0 Å². The van der Waals surface area contributed by atoms with Gasteiger partial charge in [0.2, 0.25) is 5.91 Å². The smallest absolute Gasteiger partial charge is 0.325 e. The minimum atomic E-state index is -1.01. The largest absolute Gasteiger partial charge is 0.325 e. The summed E-state index contributed by atoms with van der Waals surface area (Å²) in [4.78, 5) is 40.4. The van der Waals surface area contributed by atoms with E-state index in [-0.39, 0.29) is 18.4 Å². The number of nitrogens with zero attached hydrogens (tertiary/aromatic N) is 1. The van der Waals surface area contributed by atoms with Crippen LogP contribution in [0.1, 0.15) is 55.0 Å². The lowest BCUT2D eigenvalue weighted by Gasteiger charge is -2.31. The van der Waals surface area contributed by atoms with Gasteiger partial charge in [0.15, 0.2) is 0 Å². The summed E-state index contributed by atoms with van der Waals surface area (Å²) in [7, 11) is 0. The molecule has 7 heteroatoms. The molecule has 1 aliphatic carbocycles. The maximum absolute atomic E-state index is 13.2. The molecule has 2 heterocycles. The van der Waals surface area contributed by atoms with Crippen LogP contribution in [0.5, 0.6) is 0 Å². The third-order valence-electron chi connectivity index (χ3n) is 6.01. The van der Waals surface area contributed by atoms with Crippen molar-refractivity contribution in [2.24, 2.45) is 0 Å². The van der Waals surface area contributed by atoms with Crippen LogP contribution in [0, 0.1) is 0 Å². The van der Waals surface area contributed by atoms with Crippen molar-refractivity contribution in [1.29, 1.82) is 0 Å². The highest BCUT2D eigenvalue weighted by molar-refractivity contribution is 7.10. The number of benzene rings is 1. The number of aryl methyl sites for hydroxylation is 1. The van der Waals surface area contributed by atoms with Crippen molar-refractivity contribution < 1.29 is 14.4 Å². The molecular weight excluding hydrogens is 386 g/mol. The van der Waals surface area contributed by atoms with E-state index in [4.69, 9.17) is 0 Å². The van der Waals surface area contributed by atoms with Crippen LogP contribution in [-0.2, 0) is 21.5 Å². The Hall–Kier alpha value is -2.67. The molecule has 152 valence electrons. The molecule has 2 N–H and O–H groups in total. The molecule has 2 aromatic rings. The molecular formula is C22H25N3O3S. The van der Waals surface area contributed by atoms with Crippen LogP contribution in [0.4, 0.5) is 10.5 Å². The van der Waals surface area contributed by atoms with Crippen LogP contribution >= 0.6 is 11.3 Å². The summed E-state index contributed by atoms with van der Waals surface area (Å²) >= 11 is 1.61. The van der Waals surface area contributed by atoms with Gasteiger partial charge in [-0.2, -0.15) is 0 Å². The van der Waals surface area contributed by atoms with Gasteiger partial charge in [-0.05, 0) is 60.7 Å². The van der Waals surface area contributed by atoms with Gasteiger partial charge in [-0.1, -0.05) is 26.0 Å². The summed E-state index contributed by atoms with van der Waals surface area (Å²) in [6.07, 6.45) is 3.37. The van der Waals surface area contributed by atoms with Crippen LogP contribution in [-0.4, -0.2) is 29.3 Å². The lowest BCUT2D eigenvalue weighted by molar-refractivity contribution is -0.134. The standard InChI is InChI=1S/C22H25N3O3S/c1-3-14(2)15-6-8-16(9-7-15)23-19(26)13-25-20(27)22(24-21(25)28)11-4-5-18-17(22)10-12-29-18/h6-10,12,14H,3-5,11,13H2,1-2H3,(H,23,26)(H,24,28). The van der Waals surface area contributed by atoms with Crippen LogP contribution in [0.15, 0.2) is 35.7 Å². The lowest BCUT2D eigenvalue weighted by atomic mass is 9.80. The average molecular weight is 412 g/mol. The number of fused-ring (bicyclic) bond motifs is 2. The zero-order chi connectivity index (χ0) is 20.6. The molecule has 6 nitrogen and oxygen atoms in total. The molecule has 2 atom stereocenters. The number of imide groups is 1. The monoisotopic (exact) mass is 411 g/mol. The maximum Gasteiger partial charge on any atom is 0.325 e. The van der Waals surface area contributed by atoms with Crippen molar-refractivity contribution in [2.75, 3.05) is 11.9 Å². The molecule has 4 rings (SSSR count). The number of carbonyl (C=O) groups excluding carboxylic acids is 3. The number of amides is 4. The first kappa shape index (κ1) is 19.6. The minimum absolute atomic E-state index is 0.293. The summed E-state index contributed by atoms with van der Waals surface area (Å²) < 4.78 is 0. The van der Waals surface area contributed by atoms with Crippen molar-refractivity contribution in [3.05, 3.63) is 51.7 Å². The lowest BCUT2D eigenvalue weighted by Crippen LogP contribution is -2.46. The Kier molecular flexibility index (Phi) is 5.17. The first-order valence-corrected chi connectivity index (χ1v) is 10.9. The number of anilines is 1. The highest BCUT2D eigenvalue weighted by Gasteiger charge is 2.54. The molecule has 0 radical (unpaired) electrons. The van der Waals surface area contributed by atoms with Gasteiger partial charge < -0.3 is 10.6 Å². The zero-order valence-electron chi connectivity index (χ0n) is 16.7. The van der Waals surface area contributed by atoms with Gasteiger partial charge >= 0.3 is 6.03 Å². The van der Waals surface area contributed by atoms with E-state index in [1.54, 1.807) is 11.3 Å². The molecule has 1 aromatic carbocycles. The van der Waals surface area contributed by atoms with Gasteiger partial charge in [0.25, 0.3) is 5.91 Å². The van der Waals surface area contributed by atoms with Gasteiger partial charge in [0, 0.05) is 16.1 Å². The first-order valence-electron chi connectivity index (χ1n) is 10.1. The molecule has 2 unspecified atom stereocenters. The molecule has 0 saturated carbocycles. The summed E-state index contributed by atoms with van der Waals surface area (Å²) in [6.45, 7) is 4.00. The summed E-state index contributed by atoms with van der Waals surface area (Å²) in [5.41, 5.74) is 1.74. The van der Waals surface area contributed by atoms with Crippen LogP contribution in [0.2, 0.25) is 0 Å². The maximum atomic E-state index is 13.2. The fourth-order valence-electron chi connectivity index (χ4n) is 4.16. The predicted molar refractivity (Wildman–Crippen MR) is 113 cm³/mol. The van der Waals surface area contributed by atoms with Crippen LogP contribution in [0.3, 0.4) is 0 Å². The Bertz CT molecular complexity index is 952. The molecule has 1 spiro atoms. The summed E-state index contributed by atoms with van der Waals surface area (Å²) in [6, 6.07) is 9.10. The summed E-state index contributed by atoms with van der Waals surface area (Å²) in [5, 5.41) is 7.61. The number of hydrogen-bond donors (Lipinski definition) is 2. The van der Waals surface area contributed by atoms with Gasteiger partial charge in [-0.15, -0.1) is 11.3 Å². The molecule has 2 aliphatic rings. The normalized spacial score (nSPS) is 21.8. The van der Waals surface area contributed by atoms with Gasteiger partial charge in [0.1, 0.15) is 12.1 Å². The fourth-order valence-corrected chi connectivity index (χ4v) is 5.16. The van der Waals surface area contributed by atoms with Crippen LogP contribution in [0.25, 0.3) is 0 Å². The van der Waals surface area contributed by atoms with Gasteiger partial charge in [-0.25, -0.2) is 4.79 Å². The van der Waals surface area contributed by atoms with Gasteiger partial charge in [0.05, 0.1) is 0 Å². The Labute approximate surface area is 174 Å². The topological polar surface area (TPSA) is 78.5 Å². The highest BCUT2D eigenvalue weighted by atomic mass is 32.1. The molecule has 0 bridgehead atoms. The minimum Gasteiger partial charge on any atom is -0.325 e. The van der Waals surface area contributed by atoms with Crippen molar-refractivity contribution in [3.63, 3.8) is 0 Å². The number of urea groups is 1. The second-order valence-electron chi connectivity index (χ2n) is 7.82. The Morgan fingerprint density at radius 3 is 2.76 bits per heavy atom. The number of nitrogens with one attached hydrogen (secondary N) is 2. The average Bonchev–Trinajstić information content (AvgIpc) is 3.29. The number of rotatable bonds is 5. The van der Waals surface area contributed by atoms with E-state index < -0.39 is 11.6 Å². The quantitative estimate of drug-likeness (QED) is 0.731. The number of carbonyl (C=O) groups is 3. The van der Waals surface area contributed by atoms with Crippen molar-refractivity contribution in [1.82, 2.24) is 10.2 Å². The van der Waals surface area contributed by atoms with E-state index >= 15 is 0 Å². The van der Waals surface area contributed by atoms with E-state index in [1.165, 1.54) is 5.56 Å². The van der Waals surface area contributed by atoms with E-state index in [0.717, 1.165) is 34.6 Å². The van der Waals surface area contributed by atoms with E-state index in [9.17, 15) is 14.4 Å². The molecule has 1 fully saturated rings. The van der Waals surface area contributed by atoms with Gasteiger partial charge in [-0.3, -0.25) is 14.5 Å².